The van der Waals surface area contributed by atoms with Crippen molar-refractivity contribution in [3.8, 4) is 0 Å². The number of hydrogen-bond acceptors (Lipinski definition) is 4. The fraction of sp³-hybridized carbons (Fsp3) is 0.857. The zero-order valence-electron chi connectivity index (χ0n) is 11.1. The molecule has 3 fully saturated rings. The number of aliphatic hydroxyl groups excluding tert-OH is 1. The van der Waals surface area contributed by atoms with E-state index < -0.39 is 23.0 Å². The van der Waals surface area contributed by atoms with Crippen molar-refractivity contribution in [2.24, 2.45) is 17.3 Å². The predicted molar refractivity (Wildman–Crippen MR) is 63.9 cm³/mol. The second kappa shape index (κ2) is 3.42. The normalized spacial score (nSPS) is 54.6. The van der Waals surface area contributed by atoms with Crippen LogP contribution in [-0.4, -0.2) is 34.5 Å². The summed E-state index contributed by atoms with van der Waals surface area (Å²) in [5.41, 5.74) is -0.883. The topological polar surface area (TPSA) is 66.9 Å². The summed E-state index contributed by atoms with van der Waals surface area (Å²) in [6.07, 6.45) is 1.04. The Morgan fingerprint density at radius 3 is 2.78 bits per heavy atom. The highest BCUT2D eigenvalue weighted by atomic mass is 16.6. The van der Waals surface area contributed by atoms with Gasteiger partial charge in [-0.2, -0.15) is 0 Å². The molecular formula is C14H20O4. The van der Waals surface area contributed by atoms with Crippen molar-refractivity contribution in [1.29, 1.82) is 0 Å². The molecule has 0 aromatic rings. The van der Waals surface area contributed by atoms with Gasteiger partial charge in [0.1, 0.15) is 23.3 Å². The number of hydrogen-bond donors (Lipinski definition) is 1. The first-order valence-electron chi connectivity index (χ1n) is 6.73. The summed E-state index contributed by atoms with van der Waals surface area (Å²) >= 11 is 0. The maximum absolute atomic E-state index is 12.1. The minimum Gasteiger partial charge on any atom is -0.390 e. The summed E-state index contributed by atoms with van der Waals surface area (Å²) in [4.78, 5) is 24.1. The van der Waals surface area contributed by atoms with Crippen LogP contribution in [0.25, 0.3) is 0 Å². The molecule has 1 heterocycles. The Bertz CT molecular complexity index is 432. The van der Waals surface area contributed by atoms with E-state index in [0.717, 1.165) is 0 Å². The highest BCUT2D eigenvalue weighted by Crippen LogP contribution is 2.67. The Balaban J connectivity index is 2.08. The van der Waals surface area contributed by atoms with Crippen LogP contribution in [0.5, 0.6) is 0 Å². The van der Waals surface area contributed by atoms with Gasteiger partial charge in [0.25, 0.3) is 0 Å². The van der Waals surface area contributed by atoms with Gasteiger partial charge in [0.2, 0.25) is 0 Å². The van der Waals surface area contributed by atoms with Gasteiger partial charge in [0.15, 0.2) is 0 Å². The highest BCUT2D eigenvalue weighted by Gasteiger charge is 2.77. The summed E-state index contributed by atoms with van der Waals surface area (Å²) in [7, 11) is 0. The molecule has 2 aliphatic carbocycles. The van der Waals surface area contributed by atoms with Crippen molar-refractivity contribution in [2.45, 2.75) is 57.8 Å². The van der Waals surface area contributed by atoms with Gasteiger partial charge in [0, 0.05) is 11.8 Å². The Hall–Kier alpha value is -0.740. The molecule has 0 aromatic heterocycles. The molecule has 1 N–H and O–H groups in total. The summed E-state index contributed by atoms with van der Waals surface area (Å²) < 4.78 is 5.83. The predicted octanol–water partition coefficient (Wildman–Crippen LogP) is 1.10. The number of epoxide rings is 1. The first kappa shape index (κ1) is 12.3. The Morgan fingerprint density at radius 2 is 2.17 bits per heavy atom. The second-order valence-electron chi connectivity index (χ2n) is 6.42. The second-order valence-corrected chi connectivity index (χ2v) is 6.42. The molecular weight excluding hydrogens is 232 g/mol. The van der Waals surface area contributed by atoms with E-state index in [-0.39, 0.29) is 23.6 Å². The van der Waals surface area contributed by atoms with Crippen LogP contribution in [0.1, 0.15) is 40.0 Å². The Labute approximate surface area is 107 Å². The molecule has 4 nitrogen and oxygen atoms in total. The highest BCUT2D eigenvalue weighted by molar-refractivity contribution is 6.03. The monoisotopic (exact) mass is 252 g/mol. The van der Waals surface area contributed by atoms with Gasteiger partial charge in [-0.15, -0.1) is 0 Å². The van der Waals surface area contributed by atoms with E-state index >= 15 is 0 Å². The van der Waals surface area contributed by atoms with Crippen molar-refractivity contribution in [2.75, 3.05) is 0 Å². The van der Waals surface area contributed by atoms with E-state index in [1.807, 2.05) is 13.8 Å². The zero-order valence-corrected chi connectivity index (χ0v) is 11.1. The number of aliphatic hydroxyl groups is 1. The van der Waals surface area contributed by atoms with Crippen LogP contribution in [0.15, 0.2) is 0 Å². The van der Waals surface area contributed by atoms with Gasteiger partial charge < -0.3 is 9.84 Å². The SMILES string of the molecule is CC(=O)[C@@H]1C(=O)CC[C@@]23O[C@H]2[C@H](O)C[C@H](C)[C@@]13C. The number of ketones is 2. The number of ether oxygens (including phenoxy) is 1. The first-order chi connectivity index (χ1) is 8.34. The molecule has 3 rings (SSSR count). The number of carbonyl (C=O) groups is 2. The average Bonchev–Trinajstić information content (AvgIpc) is 2.99. The van der Waals surface area contributed by atoms with Gasteiger partial charge in [-0.1, -0.05) is 13.8 Å². The van der Waals surface area contributed by atoms with Crippen molar-refractivity contribution in [1.82, 2.24) is 0 Å². The molecule has 100 valence electrons. The standard InChI is InChI=1S/C14H20O4/c1-7-6-10(17)12-14(18-12)5-4-9(16)11(8(2)15)13(7,14)3/h7,10-12,17H,4-6H2,1-3H3/t7-,10+,11+,12-,13-,14+/m0/s1. The van der Waals surface area contributed by atoms with Crippen molar-refractivity contribution >= 4 is 11.6 Å². The summed E-state index contributed by atoms with van der Waals surface area (Å²) in [6.45, 7) is 5.53. The maximum atomic E-state index is 12.1. The van der Waals surface area contributed by atoms with Crippen molar-refractivity contribution < 1.29 is 19.4 Å². The molecule has 4 heteroatoms. The van der Waals surface area contributed by atoms with E-state index in [4.69, 9.17) is 4.74 Å². The number of carbonyl (C=O) groups excluding carboxylic acids is 2. The van der Waals surface area contributed by atoms with Crippen molar-refractivity contribution in [3.05, 3.63) is 0 Å². The fourth-order valence-corrected chi connectivity index (χ4v) is 4.60. The molecule has 1 aliphatic heterocycles. The first-order valence-corrected chi connectivity index (χ1v) is 6.73. The smallest absolute Gasteiger partial charge is 0.144 e. The molecule has 0 radical (unpaired) electrons. The minimum absolute atomic E-state index is 0.0492. The van der Waals surface area contributed by atoms with Gasteiger partial charge in [-0.25, -0.2) is 0 Å². The molecule has 0 amide bonds. The lowest BCUT2D eigenvalue weighted by Gasteiger charge is -2.51. The van der Waals surface area contributed by atoms with E-state index in [1.54, 1.807) is 0 Å². The third-order valence-corrected chi connectivity index (χ3v) is 5.69. The Morgan fingerprint density at radius 1 is 1.50 bits per heavy atom. The van der Waals surface area contributed by atoms with Crippen LogP contribution in [0.3, 0.4) is 0 Å². The van der Waals surface area contributed by atoms with Gasteiger partial charge in [-0.3, -0.25) is 9.59 Å². The molecule has 0 bridgehead atoms. The van der Waals surface area contributed by atoms with E-state index in [9.17, 15) is 14.7 Å². The minimum atomic E-state index is -0.557. The third-order valence-electron chi connectivity index (χ3n) is 5.69. The number of rotatable bonds is 1. The molecule has 0 aromatic carbocycles. The maximum Gasteiger partial charge on any atom is 0.144 e. The fourth-order valence-electron chi connectivity index (χ4n) is 4.60. The lowest BCUT2D eigenvalue weighted by atomic mass is 9.49. The lowest BCUT2D eigenvalue weighted by Crippen LogP contribution is -2.60. The van der Waals surface area contributed by atoms with Gasteiger partial charge in [0.05, 0.1) is 12.0 Å². The number of Topliss-reactive ketones (excluding diaryl/α,β-unsaturated/α-hetero) is 2. The lowest BCUT2D eigenvalue weighted by molar-refractivity contribution is -0.151. The molecule has 1 saturated heterocycles. The van der Waals surface area contributed by atoms with E-state index in [0.29, 0.717) is 19.3 Å². The van der Waals surface area contributed by atoms with E-state index in [1.165, 1.54) is 6.92 Å². The van der Waals surface area contributed by atoms with E-state index in [2.05, 4.69) is 0 Å². The summed E-state index contributed by atoms with van der Waals surface area (Å²) in [6, 6.07) is 0. The van der Waals surface area contributed by atoms with Crippen LogP contribution in [0.2, 0.25) is 0 Å². The third kappa shape index (κ3) is 1.18. The van der Waals surface area contributed by atoms with Crippen LogP contribution in [-0.2, 0) is 14.3 Å². The molecule has 6 atom stereocenters. The Kier molecular flexibility index (Phi) is 2.34. The van der Waals surface area contributed by atoms with Gasteiger partial charge in [-0.05, 0) is 25.7 Å². The quantitative estimate of drug-likeness (QED) is 0.560. The molecule has 2 saturated carbocycles. The largest absolute Gasteiger partial charge is 0.390 e. The van der Waals surface area contributed by atoms with Crippen molar-refractivity contribution in [3.63, 3.8) is 0 Å². The van der Waals surface area contributed by atoms with Gasteiger partial charge >= 0.3 is 0 Å². The average molecular weight is 252 g/mol. The molecule has 3 aliphatic rings. The summed E-state index contributed by atoms with van der Waals surface area (Å²) in [5, 5.41) is 10.0. The molecule has 0 unspecified atom stereocenters. The summed E-state index contributed by atoms with van der Waals surface area (Å²) in [5.74, 6) is -0.449. The molecule has 18 heavy (non-hydrogen) atoms. The van der Waals surface area contributed by atoms with Crippen LogP contribution >= 0.6 is 0 Å². The zero-order chi connectivity index (χ0) is 13.3. The van der Waals surface area contributed by atoms with Crippen LogP contribution in [0, 0.1) is 17.3 Å². The molecule has 1 spiro atoms. The van der Waals surface area contributed by atoms with Crippen LogP contribution in [0.4, 0.5) is 0 Å². The van der Waals surface area contributed by atoms with Crippen LogP contribution < -0.4 is 0 Å².